The molecule has 0 bridgehead atoms. The Bertz CT molecular complexity index is 1300. The van der Waals surface area contributed by atoms with Crippen LogP contribution in [-0.2, 0) is 25.7 Å². The lowest BCUT2D eigenvalue weighted by molar-refractivity contribution is -0.245. The van der Waals surface area contributed by atoms with Crippen LogP contribution in [0.5, 0.6) is 0 Å². The quantitative estimate of drug-likeness (QED) is 0.112. The molecule has 10 heteroatoms. The van der Waals surface area contributed by atoms with E-state index in [2.05, 4.69) is 10.6 Å². The fraction of sp³-hybridized carbons (Fsp3) is 0.394. The van der Waals surface area contributed by atoms with E-state index in [9.17, 15) is 19.8 Å². The van der Waals surface area contributed by atoms with Gasteiger partial charge in [-0.3, -0.25) is 9.59 Å². The molecule has 1 aliphatic heterocycles. The molecule has 0 radical (unpaired) electrons. The summed E-state index contributed by atoms with van der Waals surface area (Å²) in [4.78, 5) is 24.7. The minimum atomic E-state index is -0.573. The van der Waals surface area contributed by atoms with Crippen molar-refractivity contribution in [3.8, 4) is 0 Å². The van der Waals surface area contributed by atoms with E-state index in [0.29, 0.717) is 54.9 Å². The molecule has 4 rings (SSSR count). The van der Waals surface area contributed by atoms with Gasteiger partial charge in [-0.05, 0) is 48.2 Å². The number of aliphatic hydroxyl groups is 2. The number of carbonyl (C=O) groups is 2. The van der Waals surface area contributed by atoms with Gasteiger partial charge in [0.15, 0.2) is 6.29 Å². The molecule has 3 atom stereocenters. The van der Waals surface area contributed by atoms with Crippen molar-refractivity contribution in [2.45, 2.75) is 63.6 Å². The van der Waals surface area contributed by atoms with Crippen LogP contribution in [0.25, 0.3) is 0 Å². The maximum Gasteiger partial charge on any atom is 0.224 e. The lowest BCUT2D eigenvalue weighted by Crippen LogP contribution is -2.31. The third-order valence-electron chi connectivity index (χ3n) is 7.16. The number of unbranched alkanes of at least 4 members (excludes halogenated alkanes) is 2. The number of anilines is 3. The van der Waals surface area contributed by atoms with Gasteiger partial charge in [-0.1, -0.05) is 55.0 Å². The van der Waals surface area contributed by atoms with E-state index >= 15 is 0 Å². The summed E-state index contributed by atoms with van der Waals surface area (Å²) in [7, 11) is 0. The molecule has 0 spiro atoms. The van der Waals surface area contributed by atoms with E-state index in [0.717, 1.165) is 28.9 Å². The van der Waals surface area contributed by atoms with Crippen LogP contribution in [0.2, 0.25) is 0 Å². The molecular weight excluding hydrogens is 566 g/mol. The van der Waals surface area contributed by atoms with Crippen molar-refractivity contribution in [2.75, 3.05) is 34.5 Å². The minimum Gasteiger partial charge on any atom is -0.397 e. The number of hydrogen-bond donors (Lipinski definition) is 5. The van der Waals surface area contributed by atoms with Crippen molar-refractivity contribution in [3.63, 3.8) is 0 Å². The van der Waals surface area contributed by atoms with Crippen molar-refractivity contribution in [1.82, 2.24) is 0 Å². The van der Waals surface area contributed by atoms with Crippen LogP contribution < -0.4 is 16.4 Å². The molecular formula is C33H41N3O6S. The van der Waals surface area contributed by atoms with Crippen molar-refractivity contribution in [2.24, 2.45) is 0 Å². The van der Waals surface area contributed by atoms with Crippen molar-refractivity contribution < 1.29 is 29.3 Å². The number of ether oxygens (including phenoxy) is 2. The molecule has 2 amide bonds. The smallest absolute Gasteiger partial charge is 0.224 e. The fourth-order valence-electron chi connectivity index (χ4n) is 4.82. The maximum absolute atomic E-state index is 12.5. The lowest BCUT2D eigenvalue weighted by Gasteiger charge is -2.36. The number of benzene rings is 3. The zero-order valence-electron chi connectivity index (χ0n) is 24.2. The van der Waals surface area contributed by atoms with E-state index in [1.54, 1.807) is 23.9 Å². The van der Waals surface area contributed by atoms with Gasteiger partial charge in [0.1, 0.15) is 0 Å². The topological polar surface area (TPSA) is 143 Å². The number of para-hydroxylation sites is 2. The van der Waals surface area contributed by atoms with Gasteiger partial charge in [0.05, 0.1) is 36.8 Å². The number of nitrogens with one attached hydrogen (secondary N) is 2. The van der Waals surface area contributed by atoms with Gasteiger partial charge < -0.3 is 36.1 Å². The summed E-state index contributed by atoms with van der Waals surface area (Å²) < 4.78 is 12.6. The molecule has 0 aliphatic carbocycles. The molecule has 1 fully saturated rings. The van der Waals surface area contributed by atoms with Crippen LogP contribution in [-0.4, -0.2) is 46.2 Å². The molecule has 230 valence electrons. The van der Waals surface area contributed by atoms with Crippen LogP contribution in [0.1, 0.15) is 67.6 Å². The van der Waals surface area contributed by atoms with Gasteiger partial charge in [-0.15, -0.1) is 0 Å². The van der Waals surface area contributed by atoms with Gasteiger partial charge in [0.25, 0.3) is 0 Å². The number of thioether (sulfide) groups is 1. The molecule has 1 heterocycles. The fourth-order valence-corrected chi connectivity index (χ4v) is 5.59. The summed E-state index contributed by atoms with van der Waals surface area (Å²) >= 11 is 1.65. The highest BCUT2D eigenvalue weighted by atomic mass is 32.2. The van der Waals surface area contributed by atoms with E-state index < -0.39 is 6.29 Å². The van der Waals surface area contributed by atoms with Gasteiger partial charge in [0.2, 0.25) is 11.8 Å². The van der Waals surface area contributed by atoms with E-state index in [1.807, 2.05) is 60.7 Å². The Morgan fingerprint density at radius 2 is 1.51 bits per heavy atom. The maximum atomic E-state index is 12.5. The molecule has 6 N–H and O–H groups in total. The van der Waals surface area contributed by atoms with E-state index in [-0.39, 0.29) is 37.2 Å². The third kappa shape index (κ3) is 10.4. The molecule has 3 aromatic carbocycles. The van der Waals surface area contributed by atoms with Crippen LogP contribution in [0.15, 0.2) is 72.8 Å². The zero-order chi connectivity index (χ0) is 30.4. The molecule has 9 nitrogen and oxygen atoms in total. The third-order valence-corrected chi connectivity index (χ3v) is 8.24. The number of nitrogen functional groups attached to an aromatic ring is 1. The molecule has 0 saturated carbocycles. The monoisotopic (exact) mass is 607 g/mol. The van der Waals surface area contributed by atoms with Gasteiger partial charge in [-0.25, -0.2) is 0 Å². The molecule has 0 aromatic heterocycles. The summed E-state index contributed by atoms with van der Waals surface area (Å²) in [5, 5.41) is 24.3. The van der Waals surface area contributed by atoms with Crippen LogP contribution >= 0.6 is 11.8 Å². The van der Waals surface area contributed by atoms with Crippen LogP contribution in [0.4, 0.5) is 17.1 Å². The second-order valence-corrected chi connectivity index (χ2v) is 11.7. The van der Waals surface area contributed by atoms with E-state index in [4.69, 9.17) is 15.2 Å². The Morgan fingerprint density at radius 1 is 0.837 bits per heavy atom. The predicted octanol–water partition coefficient (Wildman–Crippen LogP) is 5.56. The largest absolute Gasteiger partial charge is 0.397 e. The first-order valence-electron chi connectivity index (χ1n) is 14.7. The first-order chi connectivity index (χ1) is 20.9. The number of amides is 2. The van der Waals surface area contributed by atoms with Crippen molar-refractivity contribution in [1.29, 1.82) is 0 Å². The Morgan fingerprint density at radius 3 is 2.19 bits per heavy atom. The Labute approximate surface area is 257 Å². The SMILES string of the molecule is Nc1ccccc1NC(=O)CCCCCC(=O)Nc1ccc(C2OC(CSCCO)CC(c3ccc(CO)cc3)O2)cc1. The zero-order valence-corrected chi connectivity index (χ0v) is 25.1. The lowest BCUT2D eigenvalue weighted by atomic mass is 10.0. The second-order valence-electron chi connectivity index (χ2n) is 10.5. The molecule has 1 aliphatic rings. The summed E-state index contributed by atoms with van der Waals surface area (Å²) in [6.45, 7) is 0.114. The highest BCUT2D eigenvalue weighted by molar-refractivity contribution is 7.99. The van der Waals surface area contributed by atoms with Crippen LogP contribution in [0, 0.1) is 0 Å². The minimum absolute atomic E-state index is 0.00890. The van der Waals surface area contributed by atoms with Crippen molar-refractivity contribution >= 4 is 40.6 Å². The summed E-state index contributed by atoms with van der Waals surface area (Å²) in [5.74, 6) is 1.22. The van der Waals surface area contributed by atoms with Gasteiger partial charge >= 0.3 is 0 Å². The Kier molecular flexibility index (Phi) is 12.9. The summed E-state index contributed by atoms with van der Waals surface area (Å²) in [5.41, 5.74) is 10.4. The average molecular weight is 608 g/mol. The van der Waals surface area contributed by atoms with Crippen LogP contribution in [0.3, 0.4) is 0 Å². The van der Waals surface area contributed by atoms with Gasteiger partial charge in [-0.2, -0.15) is 11.8 Å². The normalized spacial score (nSPS) is 18.2. The number of nitrogens with two attached hydrogens (primary N) is 1. The number of aliphatic hydroxyl groups excluding tert-OH is 2. The second kappa shape index (κ2) is 17.0. The number of rotatable bonds is 15. The van der Waals surface area contributed by atoms with Gasteiger partial charge in [0, 0.05) is 42.0 Å². The highest BCUT2D eigenvalue weighted by Gasteiger charge is 2.32. The van der Waals surface area contributed by atoms with E-state index in [1.165, 1.54) is 0 Å². The molecule has 3 aromatic rings. The molecule has 1 saturated heterocycles. The first-order valence-corrected chi connectivity index (χ1v) is 15.8. The summed E-state index contributed by atoms with van der Waals surface area (Å²) in [6, 6.07) is 22.4. The molecule has 43 heavy (non-hydrogen) atoms. The van der Waals surface area contributed by atoms with Crippen molar-refractivity contribution in [3.05, 3.63) is 89.5 Å². The Balaban J connectivity index is 1.23. The standard InChI is InChI=1S/C33H41N3O6S/c34-28-6-4-5-7-29(28)36-32(40)9-3-1-2-8-31(39)35-26-16-14-25(15-17-26)33-41-27(22-43-19-18-37)20-30(42-33)24-12-10-23(21-38)11-13-24/h4-7,10-17,27,30,33,37-38H,1-3,8-9,18-22,34H2,(H,35,39)(H,36,40). The Hall–Kier alpha value is -3.41. The number of carbonyl (C=O) groups excluding carboxylic acids is 2. The summed E-state index contributed by atoms with van der Waals surface area (Å²) in [6.07, 6.45) is 2.77. The first kappa shape index (κ1) is 32.5. The highest BCUT2D eigenvalue weighted by Crippen LogP contribution is 2.39. The number of hydrogen-bond acceptors (Lipinski definition) is 8. The predicted molar refractivity (Wildman–Crippen MR) is 170 cm³/mol. The average Bonchev–Trinajstić information content (AvgIpc) is 3.02. The molecule has 3 unspecified atom stereocenters.